The third-order valence-electron chi connectivity index (χ3n) is 3.44. The molecule has 0 aliphatic carbocycles. The number of carbonyl (C=O) groups excluding carboxylic acids is 1. The summed E-state index contributed by atoms with van der Waals surface area (Å²) < 4.78 is 16.7. The number of nitrogens with zero attached hydrogens (tertiary/aromatic N) is 1. The quantitative estimate of drug-likeness (QED) is 0.694. The Hall–Kier alpha value is -2.51. The largest absolute Gasteiger partial charge is 0.497 e. The first-order valence-corrected chi connectivity index (χ1v) is 8.51. The summed E-state index contributed by atoms with van der Waals surface area (Å²) in [5.74, 6) is 1.90. The van der Waals surface area contributed by atoms with Crippen LogP contribution in [0, 0.1) is 0 Å². The van der Waals surface area contributed by atoms with Crippen molar-refractivity contribution >= 4 is 34.0 Å². The van der Waals surface area contributed by atoms with Gasteiger partial charge in [-0.15, -0.1) is 0 Å². The van der Waals surface area contributed by atoms with Crippen LogP contribution >= 0.6 is 22.9 Å². The van der Waals surface area contributed by atoms with Gasteiger partial charge in [0.25, 0.3) is 5.91 Å². The summed E-state index contributed by atoms with van der Waals surface area (Å²) in [4.78, 5) is 16.2. The number of hydrogen-bond acceptors (Lipinski definition) is 6. The van der Waals surface area contributed by atoms with Gasteiger partial charge in [0.2, 0.25) is 0 Å². The lowest BCUT2D eigenvalue weighted by Gasteiger charge is -2.09. The van der Waals surface area contributed by atoms with Crippen LogP contribution in [0.3, 0.4) is 0 Å². The number of aromatic nitrogens is 1. The van der Waals surface area contributed by atoms with Gasteiger partial charge in [0.1, 0.15) is 21.6 Å². The second kappa shape index (κ2) is 7.58. The van der Waals surface area contributed by atoms with Crippen molar-refractivity contribution in [2.45, 2.75) is 6.42 Å². The average Bonchev–Trinajstić information content (AvgIpc) is 3.24. The number of rotatable bonds is 6. The lowest BCUT2D eigenvalue weighted by Crippen LogP contribution is -2.10. The summed E-state index contributed by atoms with van der Waals surface area (Å²) in [6, 6.07) is 8.90. The zero-order valence-electron chi connectivity index (χ0n) is 13.5. The Bertz CT molecular complexity index is 890. The van der Waals surface area contributed by atoms with Gasteiger partial charge in [-0.05, 0) is 30.3 Å². The van der Waals surface area contributed by atoms with E-state index < -0.39 is 0 Å². The number of methoxy groups -OCH3 is 2. The normalized spacial score (nSPS) is 10.5. The lowest BCUT2D eigenvalue weighted by atomic mass is 10.1. The van der Waals surface area contributed by atoms with E-state index in [0.717, 1.165) is 17.1 Å². The molecule has 0 radical (unpaired) electrons. The van der Waals surface area contributed by atoms with Crippen LogP contribution in [0.25, 0.3) is 0 Å². The van der Waals surface area contributed by atoms with Gasteiger partial charge in [0.05, 0.1) is 20.4 Å². The van der Waals surface area contributed by atoms with E-state index in [-0.39, 0.29) is 11.7 Å². The SMILES string of the molecule is COc1ccc(OC)c(Cc2ccc(C(=O)Nc3ncc(Cl)s3)o2)c1. The van der Waals surface area contributed by atoms with E-state index in [1.165, 1.54) is 17.5 Å². The molecule has 0 saturated carbocycles. The highest BCUT2D eigenvalue weighted by atomic mass is 35.5. The van der Waals surface area contributed by atoms with Crippen molar-refractivity contribution < 1.29 is 18.7 Å². The van der Waals surface area contributed by atoms with E-state index in [4.69, 9.17) is 25.5 Å². The minimum atomic E-state index is -0.380. The summed E-state index contributed by atoms with van der Waals surface area (Å²) in [5, 5.41) is 3.06. The zero-order chi connectivity index (χ0) is 17.8. The molecule has 2 aromatic heterocycles. The smallest absolute Gasteiger partial charge is 0.293 e. The van der Waals surface area contributed by atoms with Gasteiger partial charge in [-0.3, -0.25) is 10.1 Å². The molecule has 0 fully saturated rings. The van der Waals surface area contributed by atoms with Gasteiger partial charge >= 0.3 is 0 Å². The summed E-state index contributed by atoms with van der Waals surface area (Å²) in [6.45, 7) is 0. The number of carbonyl (C=O) groups is 1. The molecule has 0 bridgehead atoms. The number of nitrogens with one attached hydrogen (secondary N) is 1. The van der Waals surface area contributed by atoms with Crippen LogP contribution in [0.2, 0.25) is 4.34 Å². The van der Waals surface area contributed by atoms with Crippen molar-refractivity contribution in [3.63, 3.8) is 0 Å². The predicted molar refractivity (Wildman–Crippen MR) is 96.1 cm³/mol. The topological polar surface area (TPSA) is 73.6 Å². The van der Waals surface area contributed by atoms with Gasteiger partial charge in [-0.2, -0.15) is 0 Å². The highest BCUT2D eigenvalue weighted by Crippen LogP contribution is 2.27. The van der Waals surface area contributed by atoms with Crippen molar-refractivity contribution in [3.8, 4) is 11.5 Å². The number of amides is 1. The first kappa shape index (κ1) is 17.3. The molecule has 3 rings (SSSR count). The van der Waals surface area contributed by atoms with Crippen molar-refractivity contribution in [1.29, 1.82) is 0 Å². The highest BCUT2D eigenvalue weighted by molar-refractivity contribution is 7.19. The number of furan rings is 1. The van der Waals surface area contributed by atoms with E-state index in [2.05, 4.69) is 10.3 Å². The molecule has 130 valence electrons. The fourth-order valence-corrected chi connectivity index (χ4v) is 3.08. The third-order valence-corrected chi connectivity index (χ3v) is 4.47. The number of anilines is 1. The van der Waals surface area contributed by atoms with Crippen molar-refractivity contribution in [2.75, 3.05) is 19.5 Å². The molecule has 1 N–H and O–H groups in total. The van der Waals surface area contributed by atoms with Crippen LogP contribution in [-0.2, 0) is 6.42 Å². The number of hydrogen-bond donors (Lipinski definition) is 1. The van der Waals surface area contributed by atoms with Gasteiger partial charge in [0.15, 0.2) is 10.9 Å². The maximum absolute atomic E-state index is 12.2. The fraction of sp³-hybridized carbons (Fsp3) is 0.176. The third kappa shape index (κ3) is 4.12. The van der Waals surface area contributed by atoms with E-state index in [1.54, 1.807) is 26.4 Å². The molecule has 1 aromatic carbocycles. The molecule has 0 spiro atoms. The predicted octanol–water partition coefficient (Wildman–Crippen LogP) is 4.25. The maximum atomic E-state index is 12.2. The van der Waals surface area contributed by atoms with Crippen LogP contribution in [0.4, 0.5) is 5.13 Å². The second-order valence-electron chi connectivity index (χ2n) is 5.04. The second-order valence-corrected chi connectivity index (χ2v) is 6.71. The van der Waals surface area contributed by atoms with Gasteiger partial charge in [-0.25, -0.2) is 4.98 Å². The fourth-order valence-electron chi connectivity index (χ4n) is 2.27. The van der Waals surface area contributed by atoms with Gasteiger partial charge in [0, 0.05) is 12.0 Å². The van der Waals surface area contributed by atoms with E-state index in [1.807, 2.05) is 18.2 Å². The van der Waals surface area contributed by atoms with Crippen LogP contribution in [0.1, 0.15) is 21.9 Å². The number of benzene rings is 1. The summed E-state index contributed by atoms with van der Waals surface area (Å²) in [6.07, 6.45) is 1.95. The summed E-state index contributed by atoms with van der Waals surface area (Å²) >= 11 is 6.98. The molecule has 0 aliphatic rings. The summed E-state index contributed by atoms with van der Waals surface area (Å²) in [7, 11) is 3.21. The molecule has 0 unspecified atom stereocenters. The maximum Gasteiger partial charge on any atom is 0.293 e. The molecule has 0 atom stereocenters. The molecule has 8 heteroatoms. The Kier molecular flexibility index (Phi) is 5.25. The van der Waals surface area contributed by atoms with Crippen LogP contribution < -0.4 is 14.8 Å². The number of ether oxygens (including phenoxy) is 2. The Labute approximate surface area is 153 Å². The minimum absolute atomic E-state index is 0.197. The summed E-state index contributed by atoms with van der Waals surface area (Å²) in [5.41, 5.74) is 0.898. The Morgan fingerprint density at radius 3 is 2.80 bits per heavy atom. The lowest BCUT2D eigenvalue weighted by molar-refractivity contribution is 0.0995. The molecular formula is C17H15ClN2O4S. The van der Waals surface area contributed by atoms with Crippen molar-refractivity contribution in [1.82, 2.24) is 4.98 Å². The molecule has 3 aromatic rings. The Morgan fingerprint density at radius 2 is 2.12 bits per heavy atom. The molecule has 1 amide bonds. The molecule has 25 heavy (non-hydrogen) atoms. The van der Waals surface area contributed by atoms with Crippen molar-refractivity contribution in [2.24, 2.45) is 0 Å². The average molecular weight is 379 g/mol. The molecule has 0 aliphatic heterocycles. The van der Waals surface area contributed by atoms with Crippen LogP contribution in [0.5, 0.6) is 11.5 Å². The molecular weight excluding hydrogens is 364 g/mol. The van der Waals surface area contributed by atoms with Crippen LogP contribution in [-0.4, -0.2) is 25.1 Å². The van der Waals surface area contributed by atoms with E-state index in [0.29, 0.717) is 21.6 Å². The highest BCUT2D eigenvalue weighted by Gasteiger charge is 2.15. The van der Waals surface area contributed by atoms with Crippen LogP contribution in [0.15, 0.2) is 40.9 Å². The van der Waals surface area contributed by atoms with Gasteiger partial charge in [-0.1, -0.05) is 22.9 Å². The minimum Gasteiger partial charge on any atom is -0.497 e. The Balaban J connectivity index is 1.74. The van der Waals surface area contributed by atoms with Gasteiger partial charge < -0.3 is 13.9 Å². The van der Waals surface area contributed by atoms with E-state index in [9.17, 15) is 4.79 Å². The monoisotopic (exact) mass is 378 g/mol. The van der Waals surface area contributed by atoms with Crippen molar-refractivity contribution in [3.05, 3.63) is 57.9 Å². The molecule has 6 nitrogen and oxygen atoms in total. The molecule has 0 saturated heterocycles. The standard InChI is InChI=1S/C17H15ClN2O4S/c1-22-11-3-5-13(23-2)10(7-11)8-12-4-6-14(24-12)16(21)20-17-19-9-15(18)25-17/h3-7,9H,8H2,1-2H3,(H,19,20,21). The number of thiazole rings is 1. The first-order chi connectivity index (χ1) is 12.1. The molecule has 2 heterocycles. The zero-order valence-corrected chi connectivity index (χ0v) is 15.1. The van der Waals surface area contributed by atoms with E-state index >= 15 is 0 Å². The number of halogens is 1. The Morgan fingerprint density at radius 1 is 1.28 bits per heavy atom. The first-order valence-electron chi connectivity index (χ1n) is 7.31.